The number of aromatic nitrogens is 1. The first kappa shape index (κ1) is 12.9. The third-order valence-corrected chi connectivity index (χ3v) is 2.43. The predicted molar refractivity (Wildman–Crippen MR) is 62.5 cm³/mol. The van der Waals surface area contributed by atoms with Crippen LogP contribution in [0.2, 0.25) is 5.02 Å². The summed E-state index contributed by atoms with van der Waals surface area (Å²) < 4.78 is 0. The quantitative estimate of drug-likeness (QED) is 0.772. The molecule has 16 heavy (non-hydrogen) atoms. The van der Waals surface area contributed by atoms with E-state index in [0.29, 0.717) is 23.6 Å². The molecular weight excluding hydrogens is 228 g/mol. The van der Waals surface area contributed by atoms with E-state index in [2.05, 4.69) is 10.3 Å². The highest BCUT2D eigenvalue weighted by molar-refractivity contribution is 6.33. The first-order chi connectivity index (χ1) is 7.61. The van der Waals surface area contributed by atoms with Crippen molar-refractivity contribution in [2.75, 3.05) is 6.54 Å². The molecule has 0 aromatic carbocycles. The highest BCUT2D eigenvalue weighted by Gasteiger charge is 2.09. The van der Waals surface area contributed by atoms with Crippen molar-refractivity contribution in [3.8, 4) is 0 Å². The SMILES string of the molecule is CC(O)CCCNC(=O)c1cnccc1Cl. The van der Waals surface area contributed by atoms with E-state index in [0.717, 1.165) is 6.42 Å². The summed E-state index contributed by atoms with van der Waals surface area (Å²) in [4.78, 5) is 15.4. The molecule has 0 aliphatic rings. The molecule has 1 atom stereocenters. The smallest absolute Gasteiger partial charge is 0.254 e. The summed E-state index contributed by atoms with van der Waals surface area (Å²) in [5.74, 6) is -0.233. The maximum atomic E-state index is 11.6. The summed E-state index contributed by atoms with van der Waals surface area (Å²) in [7, 11) is 0. The fraction of sp³-hybridized carbons (Fsp3) is 0.455. The molecule has 4 nitrogen and oxygen atoms in total. The summed E-state index contributed by atoms with van der Waals surface area (Å²) in [6, 6.07) is 1.58. The van der Waals surface area contributed by atoms with Crippen LogP contribution < -0.4 is 5.32 Å². The summed E-state index contributed by atoms with van der Waals surface area (Å²) in [5, 5.41) is 12.1. The summed E-state index contributed by atoms with van der Waals surface area (Å²) in [5.41, 5.74) is 0.376. The number of aliphatic hydroxyl groups excluding tert-OH is 1. The molecule has 1 heterocycles. The lowest BCUT2D eigenvalue weighted by atomic mass is 10.2. The molecule has 0 bridgehead atoms. The van der Waals surface area contributed by atoms with E-state index >= 15 is 0 Å². The van der Waals surface area contributed by atoms with E-state index in [-0.39, 0.29) is 12.0 Å². The Morgan fingerprint density at radius 1 is 1.69 bits per heavy atom. The monoisotopic (exact) mass is 242 g/mol. The van der Waals surface area contributed by atoms with Gasteiger partial charge in [0, 0.05) is 18.9 Å². The zero-order chi connectivity index (χ0) is 12.0. The van der Waals surface area contributed by atoms with Crippen LogP contribution in [0.1, 0.15) is 30.1 Å². The number of amides is 1. The number of nitrogens with one attached hydrogen (secondary N) is 1. The van der Waals surface area contributed by atoms with Crippen LogP contribution in [0.15, 0.2) is 18.5 Å². The molecule has 0 aliphatic heterocycles. The first-order valence-electron chi connectivity index (χ1n) is 5.17. The number of aliphatic hydroxyl groups is 1. The van der Waals surface area contributed by atoms with Gasteiger partial charge in [0.15, 0.2) is 0 Å². The Morgan fingerprint density at radius 3 is 3.06 bits per heavy atom. The molecule has 0 fully saturated rings. The highest BCUT2D eigenvalue weighted by Crippen LogP contribution is 2.12. The largest absolute Gasteiger partial charge is 0.393 e. The number of carbonyl (C=O) groups is 1. The predicted octanol–water partition coefficient (Wildman–Crippen LogP) is 1.63. The van der Waals surface area contributed by atoms with E-state index in [4.69, 9.17) is 16.7 Å². The van der Waals surface area contributed by atoms with Crippen LogP contribution in [0.3, 0.4) is 0 Å². The summed E-state index contributed by atoms with van der Waals surface area (Å²) in [6.45, 7) is 2.24. The van der Waals surface area contributed by atoms with Gasteiger partial charge in [0.1, 0.15) is 0 Å². The fourth-order valence-electron chi connectivity index (χ4n) is 1.24. The van der Waals surface area contributed by atoms with E-state index < -0.39 is 0 Å². The van der Waals surface area contributed by atoms with Crippen molar-refractivity contribution in [2.45, 2.75) is 25.9 Å². The van der Waals surface area contributed by atoms with Gasteiger partial charge in [0.2, 0.25) is 0 Å². The molecule has 0 spiro atoms. The fourth-order valence-corrected chi connectivity index (χ4v) is 1.43. The molecule has 1 unspecified atom stereocenters. The second-order valence-electron chi connectivity index (χ2n) is 3.60. The maximum Gasteiger partial charge on any atom is 0.254 e. The molecule has 1 aromatic heterocycles. The normalized spacial score (nSPS) is 12.2. The van der Waals surface area contributed by atoms with Gasteiger partial charge < -0.3 is 10.4 Å². The number of halogens is 1. The third kappa shape index (κ3) is 4.16. The van der Waals surface area contributed by atoms with Crippen molar-refractivity contribution < 1.29 is 9.90 Å². The molecule has 0 saturated carbocycles. The standard InChI is InChI=1S/C11H15ClN2O2/c1-8(15)3-2-5-14-11(16)9-7-13-6-4-10(9)12/h4,6-8,15H,2-3,5H2,1H3,(H,14,16). The number of nitrogens with zero attached hydrogens (tertiary/aromatic N) is 1. The number of rotatable bonds is 5. The number of hydrogen-bond acceptors (Lipinski definition) is 3. The van der Waals surface area contributed by atoms with E-state index in [1.54, 1.807) is 13.0 Å². The molecule has 2 N–H and O–H groups in total. The molecule has 0 aliphatic carbocycles. The molecule has 5 heteroatoms. The average molecular weight is 243 g/mol. The molecular formula is C11H15ClN2O2. The Morgan fingerprint density at radius 2 is 2.44 bits per heavy atom. The average Bonchev–Trinajstić information content (AvgIpc) is 2.24. The maximum absolute atomic E-state index is 11.6. The lowest BCUT2D eigenvalue weighted by molar-refractivity contribution is 0.0949. The number of pyridine rings is 1. The van der Waals surface area contributed by atoms with Gasteiger partial charge in [-0.3, -0.25) is 9.78 Å². The van der Waals surface area contributed by atoms with Crippen molar-refractivity contribution in [2.24, 2.45) is 0 Å². The number of hydrogen-bond donors (Lipinski definition) is 2. The lowest BCUT2D eigenvalue weighted by Crippen LogP contribution is -2.25. The van der Waals surface area contributed by atoms with Gasteiger partial charge in [0.05, 0.1) is 16.7 Å². The van der Waals surface area contributed by atoms with Crippen molar-refractivity contribution in [3.05, 3.63) is 29.0 Å². The Balaban J connectivity index is 2.39. The molecule has 1 amide bonds. The minimum absolute atomic E-state index is 0.233. The van der Waals surface area contributed by atoms with Gasteiger partial charge in [-0.1, -0.05) is 11.6 Å². The van der Waals surface area contributed by atoms with Gasteiger partial charge in [-0.15, -0.1) is 0 Å². The first-order valence-corrected chi connectivity index (χ1v) is 5.55. The molecule has 0 saturated heterocycles. The molecule has 1 rings (SSSR count). The zero-order valence-electron chi connectivity index (χ0n) is 9.11. The van der Waals surface area contributed by atoms with Crippen LogP contribution in [-0.2, 0) is 0 Å². The minimum Gasteiger partial charge on any atom is -0.393 e. The van der Waals surface area contributed by atoms with Gasteiger partial charge in [0.25, 0.3) is 5.91 Å². The zero-order valence-corrected chi connectivity index (χ0v) is 9.87. The van der Waals surface area contributed by atoms with Crippen molar-refractivity contribution >= 4 is 17.5 Å². The van der Waals surface area contributed by atoms with Gasteiger partial charge in [-0.05, 0) is 25.8 Å². The van der Waals surface area contributed by atoms with Crippen LogP contribution in [0.4, 0.5) is 0 Å². The van der Waals surface area contributed by atoms with Crippen LogP contribution >= 0.6 is 11.6 Å². The number of carbonyl (C=O) groups excluding carboxylic acids is 1. The Kier molecular flexibility index (Phi) is 5.22. The molecule has 88 valence electrons. The van der Waals surface area contributed by atoms with E-state index in [1.807, 2.05) is 0 Å². The van der Waals surface area contributed by atoms with Crippen LogP contribution in [0.5, 0.6) is 0 Å². The van der Waals surface area contributed by atoms with E-state index in [1.165, 1.54) is 12.4 Å². The van der Waals surface area contributed by atoms with Gasteiger partial charge >= 0.3 is 0 Å². The van der Waals surface area contributed by atoms with Crippen molar-refractivity contribution in [1.82, 2.24) is 10.3 Å². The van der Waals surface area contributed by atoms with Gasteiger partial charge in [-0.25, -0.2) is 0 Å². The van der Waals surface area contributed by atoms with Crippen molar-refractivity contribution in [1.29, 1.82) is 0 Å². The summed E-state index contributed by atoms with van der Waals surface area (Å²) in [6.07, 6.45) is 4.04. The summed E-state index contributed by atoms with van der Waals surface area (Å²) >= 11 is 5.84. The highest BCUT2D eigenvalue weighted by atomic mass is 35.5. The lowest BCUT2D eigenvalue weighted by Gasteiger charge is -2.07. The Bertz CT molecular complexity index is 356. The third-order valence-electron chi connectivity index (χ3n) is 2.10. The Labute approximate surface area is 99.6 Å². The Hall–Kier alpha value is -1.13. The van der Waals surface area contributed by atoms with Crippen LogP contribution in [-0.4, -0.2) is 28.6 Å². The second-order valence-corrected chi connectivity index (χ2v) is 4.01. The molecule has 0 radical (unpaired) electrons. The van der Waals surface area contributed by atoms with E-state index in [9.17, 15) is 4.79 Å². The van der Waals surface area contributed by atoms with Crippen molar-refractivity contribution in [3.63, 3.8) is 0 Å². The van der Waals surface area contributed by atoms with Crippen LogP contribution in [0.25, 0.3) is 0 Å². The topological polar surface area (TPSA) is 62.2 Å². The second kappa shape index (κ2) is 6.45. The van der Waals surface area contributed by atoms with Crippen LogP contribution in [0, 0.1) is 0 Å². The molecule has 1 aromatic rings. The van der Waals surface area contributed by atoms with Gasteiger partial charge in [-0.2, -0.15) is 0 Å². The minimum atomic E-state index is -0.334.